The lowest BCUT2D eigenvalue weighted by Crippen LogP contribution is -2.48. The van der Waals surface area contributed by atoms with Crippen LogP contribution in [0.4, 0.5) is 10.6 Å². The van der Waals surface area contributed by atoms with Crippen molar-refractivity contribution >= 4 is 34.7 Å². The maximum Gasteiger partial charge on any atom is 0.407 e. The first-order valence-corrected chi connectivity index (χ1v) is 11.4. The van der Waals surface area contributed by atoms with Gasteiger partial charge in [0, 0.05) is 36.8 Å². The van der Waals surface area contributed by atoms with E-state index < -0.39 is 24.0 Å². The second-order valence-electron chi connectivity index (χ2n) is 8.37. The number of carbonyl (C=O) groups excluding carboxylic acids is 2. The van der Waals surface area contributed by atoms with Crippen molar-refractivity contribution in [3.05, 3.63) is 54.4 Å². The fourth-order valence-electron chi connectivity index (χ4n) is 3.24. The number of aryl methyl sites for hydroxylation is 1. The van der Waals surface area contributed by atoms with Crippen LogP contribution in [0.2, 0.25) is 0 Å². The van der Waals surface area contributed by atoms with E-state index in [0.29, 0.717) is 12.1 Å². The van der Waals surface area contributed by atoms with Crippen LogP contribution in [0.25, 0.3) is 10.9 Å². The third kappa shape index (κ3) is 7.70. The fourth-order valence-corrected chi connectivity index (χ4v) is 3.24. The molecule has 0 saturated heterocycles. The zero-order valence-corrected chi connectivity index (χ0v) is 19.7. The van der Waals surface area contributed by atoms with Crippen molar-refractivity contribution in [2.45, 2.75) is 32.9 Å². The molecule has 3 aromatic rings. The zero-order chi connectivity index (χ0) is 25.2. The molecule has 0 spiro atoms. The highest BCUT2D eigenvalue weighted by atomic mass is 16.5. The molecule has 1 aromatic carbocycles. The van der Waals surface area contributed by atoms with Crippen molar-refractivity contribution < 1.29 is 24.2 Å². The molecule has 1 atom stereocenters. The Morgan fingerprint density at radius 3 is 2.71 bits per heavy atom. The molecule has 0 unspecified atom stereocenters. The summed E-state index contributed by atoms with van der Waals surface area (Å²) in [5.41, 5.74) is 1.25. The van der Waals surface area contributed by atoms with Crippen LogP contribution in [0.5, 0.6) is 0 Å². The number of aliphatic carboxylic acids is 1. The number of alkyl carbamates (subject to hydrolysis) is 1. The minimum atomic E-state index is -1.32. The largest absolute Gasteiger partial charge is 0.480 e. The fraction of sp³-hybridized carbons (Fsp3) is 0.375. The molecule has 2 heterocycles. The molecular weight excluding hydrogens is 452 g/mol. The Morgan fingerprint density at radius 1 is 1.17 bits per heavy atom. The van der Waals surface area contributed by atoms with Crippen molar-refractivity contribution in [3.63, 3.8) is 0 Å². The molecule has 4 N–H and O–H groups in total. The summed E-state index contributed by atoms with van der Waals surface area (Å²) in [4.78, 5) is 40.0. The highest BCUT2D eigenvalue weighted by Gasteiger charge is 2.22. The average Bonchev–Trinajstić information content (AvgIpc) is 3.25. The number of hydrogen-bond acceptors (Lipinski definition) is 7. The number of pyridine rings is 1. The van der Waals surface area contributed by atoms with Crippen molar-refractivity contribution in [3.8, 4) is 0 Å². The van der Waals surface area contributed by atoms with Gasteiger partial charge in [-0.15, -0.1) is 0 Å². The van der Waals surface area contributed by atoms with Gasteiger partial charge in [-0.25, -0.2) is 14.6 Å². The van der Waals surface area contributed by atoms with Gasteiger partial charge in [0.1, 0.15) is 11.9 Å². The van der Waals surface area contributed by atoms with Crippen molar-refractivity contribution in [1.82, 2.24) is 25.4 Å². The normalized spacial score (nSPS) is 11.7. The number of fused-ring (bicyclic) bond motifs is 1. The Hall–Kier alpha value is -4.15. The summed E-state index contributed by atoms with van der Waals surface area (Å²) in [7, 11) is 0. The number of aromatic nitrogens is 3. The Morgan fingerprint density at radius 2 is 2.00 bits per heavy atom. The van der Waals surface area contributed by atoms with Gasteiger partial charge in [0.05, 0.1) is 18.3 Å². The van der Waals surface area contributed by atoms with E-state index in [-0.39, 0.29) is 19.1 Å². The van der Waals surface area contributed by atoms with E-state index >= 15 is 0 Å². The van der Waals surface area contributed by atoms with Crippen LogP contribution in [0.15, 0.2) is 48.8 Å². The molecule has 2 aromatic heterocycles. The molecule has 0 fully saturated rings. The topological polar surface area (TPSA) is 147 Å². The number of hydrogen-bond donors (Lipinski definition) is 4. The van der Waals surface area contributed by atoms with Crippen LogP contribution >= 0.6 is 0 Å². The van der Waals surface area contributed by atoms with E-state index in [4.69, 9.17) is 4.74 Å². The summed E-state index contributed by atoms with van der Waals surface area (Å²) in [5, 5.41) is 22.6. The Bertz CT molecular complexity index is 1150. The molecule has 0 saturated carbocycles. The van der Waals surface area contributed by atoms with E-state index in [0.717, 1.165) is 29.7 Å². The lowest BCUT2D eigenvalue weighted by molar-refractivity contribution is -0.139. The monoisotopic (exact) mass is 482 g/mol. The van der Waals surface area contributed by atoms with Gasteiger partial charge in [-0.2, -0.15) is 5.10 Å². The lowest BCUT2D eigenvalue weighted by Gasteiger charge is -2.16. The van der Waals surface area contributed by atoms with Crippen LogP contribution < -0.4 is 16.0 Å². The molecule has 11 heteroatoms. The number of carboxylic acid groups (broad SMARTS) is 1. The van der Waals surface area contributed by atoms with Gasteiger partial charge >= 0.3 is 12.1 Å². The molecule has 11 nitrogen and oxygen atoms in total. The number of benzene rings is 1. The average molecular weight is 483 g/mol. The lowest BCUT2D eigenvalue weighted by atomic mass is 10.1. The van der Waals surface area contributed by atoms with Gasteiger partial charge in [0.15, 0.2) is 0 Å². The first-order valence-electron chi connectivity index (χ1n) is 11.4. The third-order valence-electron chi connectivity index (χ3n) is 5.03. The summed E-state index contributed by atoms with van der Waals surface area (Å²) in [6, 6.07) is 9.53. The Balaban J connectivity index is 1.52. The highest BCUT2D eigenvalue weighted by molar-refractivity contribution is 5.98. The van der Waals surface area contributed by atoms with Gasteiger partial charge in [-0.3, -0.25) is 9.48 Å². The van der Waals surface area contributed by atoms with Crippen molar-refractivity contribution in [2.75, 3.05) is 25.0 Å². The Kier molecular flexibility index (Phi) is 8.99. The van der Waals surface area contributed by atoms with E-state index in [1.807, 2.05) is 36.7 Å². The first kappa shape index (κ1) is 25.5. The first-order chi connectivity index (χ1) is 16.8. The molecule has 2 amide bonds. The molecule has 0 radical (unpaired) electrons. The molecule has 0 aliphatic rings. The van der Waals surface area contributed by atoms with Crippen LogP contribution in [0, 0.1) is 5.92 Å². The van der Waals surface area contributed by atoms with E-state index in [1.54, 1.807) is 30.6 Å². The highest BCUT2D eigenvalue weighted by Crippen LogP contribution is 2.16. The van der Waals surface area contributed by atoms with Crippen LogP contribution in [0.3, 0.4) is 0 Å². The SMILES string of the molecule is CC(C)COC(=O)N[C@@H](CNC(=O)c1ccc2c(cnn2CCCNc2ccccn2)c1)C(=O)O. The smallest absolute Gasteiger partial charge is 0.407 e. The minimum Gasteiger partial charge on any atom is -0.480 e. The molecule has 0 aliphatic carbocycles. The second kappa shape index (κ2) is 12.4. The van der Waals surface area contributed by atoms with E-state index in [2.05, 4.69) is 26.0 Å². The van der Waals surface area contributed by atoms with E-state index in [9.17, 15) is 19.5 Å². The van der Waals surface area contributed by atoms with Gasteiger partial charge in [0.2, 0.25) is 0 Å². The molecular formula is C24H30N6O5. The quantitative estimate of drug-likeness (QED) is 0.288. The minimum absolute atomic E-state index is 0.117. The number of ether oxygens (including phenoxy) is 1. The molecule has 0 bridgehead atoms. The standard InChI is InChI=1S/C24H30N6O5/c1-16(2)15-35-24(34)29-19(23(32)33)14-27-22(31)17-7-8-20-18(12-17)13-28-30(20)11-5-10-26-21-6-3-4-9-25-21/h3-4,6-9,12-13,16,19H,5,10-11,14-15H2,1-2H3,(H,25,26)(H,27,31)(H,29,34)(H,32,33)/t19-/m0/s1. The third-order valence-corrected chi connectivity index (χ3v) is 5.03. The number of nitrogens with zero attached hydrogens (tertiary/aromatic N) is 3. The molecule has 35 heavy (non-hydrogen) atoms. The predicted octanol–water partition coefficient (Wildman–Crippen LogP) is 2.50. The van der Waals surface area contributed by atoms with Gasteiger partial charge in [0.25, 0.3) is 5.91 Å². The Labute approximate surface area is 202 Å². The zero-order valence-electron chi connectivity index (χ0n) is 19.7. The summed E-state index contributed by atoms with van der Waals surface area (Å²) >= 11 is 0. The van der Waals surface area contributed by atoms with Gasteiger partial charge in [-0.05, 0) is 42.7 Å². The van der Waals surface area contributed by atoms with Gasteiger partial charge < -0.3 is 25.8 Å². The number of carboxylic acids is 1. The van der Waals surface area contributed by atoms with Gasteiger partial charge in [-0.1, -0.05) is 19.9 Å². The molecule has 3 rings (SSSR count). The van der Waals surface area contributed by atoms with Crippen LogP contribution in [-0.4, -0.2) is 63.6 Å². The summed E-state index contributed by atoms with van der Waals surface area (Å²) in [6.45, 7) is 5.04. The maximum atomic E-state index is 12.6. The van der Waals surface area contributed by atoms with E-state index in [1.165, 1.54) is 0 Å². The molecule has 186 valence electrons. The maximum absolute atomic E-state index is 12.6. The summed E-state index contributed by atoms with van der Waals surface area (Å²) in [5.74, 6) is -0.795. The number of amides is 2. The predicted molar refractivity (Wildman–Crippen MR) is 130 cm³/mol. The number of carbonyl (C=O) groups is 3. The number of nitrogens with one attached hydrogen (secondary N) is 3. The molecule has 0 aliphatic heterocycles. The van der Waals surface area contributed by atoms with Crippen molar-refractivity contribution in [2.24, 2.45) is 5.92 Å². The van der Waals surface area contributed by atoms with Crippen LogP contribution in [-0.2, 0) is 16.1 Å². The summed E-state index contributed by atoms with van der Waals surface area (Å²) in [6.07, 6.45) is 3.41. The van der Waals surface area contributed by atoms with Crippen LogP contribution in [0.1, 0.15) is 30.6 Å². The number of rotatable bonds is 12. The second-order valence-corrected chi connectivity index (χ2v) is 8.37. The number of anilines is 1. The van der Waals surface area contributed by atoms with Crippen molar-refractivity contribution in [1.29, 1.82) is 0 Å². The summed E-state index contributed by atoms with van der Waals surface area (Å²) < 4.78 is 6.81.